The summed E-state index contributed by atoms with van der Waals surface area (Å²) in [4.78, 5) is 16.4. The summed E-state index contributed by atoms with van der Waals surface area (Å²) < 4.78 is 0. The smallest absolute Gasteiger partial charge is 0.227 e. The van der Waals surface area contributed by atoms with E-state index in [9.17, 15) is 4.79 Å². The molecule has 1 aliphatic heterocycles. The Morgan fingerprint density at radius 2 is 2.00 bits per heavy atom. The number of amides is 1. The minimum absolute atomic E-state index is 0.247. The first-order valence-corrected chi connectivity index (χ1v) is 6.53. The summed E-state index contributed by atoms with van der Waals surface area (Å²) in [5, 5.41) is 0. The third-order valence-electron chi connectivity index (χ3n) is 3.50. The van der Waals surface area contributed by atoms with E-state index in [4.69, 9.17) is 0 Å². The van der Waals surface area contributed by atoms with Crippen LogP contribution in [-0.2, 0) is 11.2 Å². The maximum Gasteiger partial charge on any atom is 0.227 e. The van der Waals surface area contributed by atoms with Crippen molar-refractivity contribution in [1.29, 1.82) is 0 Å². The highest BCUT2D eigenvalue weighted by molar-refractivity contribution is 6.51. The van der Waals surface area contributed by atoms with Gasteiger partial charge in [-0.1, -0.05) is 36.6 Å². The molecule has 1 saturated heterocycles. The average molecular weight is 243 g/mol. The van der Waals surface area contributed by atoms with E-state index in [2.05, 4.69) is 31.4 Å². The van der Waals surface area contributed by atoms with Gasteiger partial charge in [-0.25, -0.2) is 0 Å². The fourth-order valence-electron chi connectivity index (χ4n) is 2.22. The number of carbonyl (C=O) groups excluding carboxylic acids is 1. The quantitative estimate of drug-likeness (QED) is 0.716. The molecule has 0 N–H and O–H groups in total. The zero-order valence-corrected chi connectivity index (χ0v) is 11.2. The van der Waals surface area contributed by atoms with E-state index in [1.807, 2.05) is 23.9 Å². The Balaban J connectivity index is 1.94. The van der Waals surface area contributed by atoms with E-state index in [1.54, 1.807) is 0 Å². The number of likely N-dealkylation sites (N-methyl/N-ethyl adjacent to an activating group) is 1. The van der Waals surface area contributed by atoms with Gasteiger partial charge in [0.1, 0.15) is 7.28 Å². The molecule has 18 heavy (non-hydrogen) atoms. The summed E-state index contributed by atoms with van der Waals surface area (Å²) in [6.45, 7) is 5.69. The largest absolute Gasteiger partial charge is 0.340 e. The molecule has 1 heterocycles. The van der Waals surface area contributed by atoms with Crippen LogP contribution in [0.4, 0.5) is 0 Å². The van der Waals surface area contributed by atoms with E-state index < -0.39 is 0 Å². The number of hydrogen-bond acceptors (Lipinski definition) is 2. The van der Waals surface area contributed by atoms with Crippen LogP contribution in [0.3, 0.4) is 0 Å². The van der Waals surface area contributed by atoms with Crippen LogP contribution in [-0.4, -0.2) is 56.2 Å². The van der Waals surface area contributed by atoms with Gasteiger partial charge in [-0.15, -0.1) is 0 Å². The summed E-state index contributed by atoms with van der Waals surface area (Å²) >= 11 is 0. The maximum absolute atomic E-state index is 12.2. The van der Waals surface area contributed by atoms with Gasteiger partial charge < -0.3 is 9.80 Å². The van der Waals surface area contributed by atoms with Crippen molar-refractivity contribution in [3.8, 4) is 0 Å². The number of hydrogen-bond donors (Lipinski definition) is 0. The highest BCUT2D eigenvalue weighted by Gasteiger charge is 2.18. The summed E-state index contributed by atoms with van der Waals surface area (Å²) in [5.41, 5.74) is 2.29. The molecule has 0 unspecified atom stereocenters. The summed E-state index contributed by atoms with van der Waals surface area (Å²) in [7, 11) is 4.16. The molecule has 1 aromatic rings. The Hall–Kier alpha value is -1.29. The van der Waals surface area contributed by atoms with Gasteiger partial charge in [-0.2, -0.15) is 0 Å². The lowest BCUT2D eigenvalue weighted by Gasteiger charge is -2.32. The Bertz CT molecular complexity index is 414. The monoisotopic (exact) mass is 243 g/mol. The van der Waals surface area contributed by atoms with Crippen LogP contribution in [0.2, 0.25) is 6.82 Å². The van der Waals surface area contributed by atoms with Crippen molar-refractivity contribution in [2.24, 2.45) is 0 Å². The Labute approximate surface area is 110 Å². The van der Waals surface area contributed by atoms with E-state index in [1.165, 1.54) is 5.46 Å². The predicted molar refractivity (Wildman–Crippen MR) is 75.5 cm³/mol. The van der Waals surface area contributed by atoms with Crippen molar-refractivity contribution in [1.82, 2.24) is 9.80 Å². The molecular weight excluding hydrogens is 223 g/mol. The predicted octanol–water partition coefficient (Wildman–Crippen LogP) is 0.381. The molecule has 0 aromatic heterocycles. The molecule has 0 bridgehead atoms. The zero-order valence-electron chi connectivity index (χ0n) is 11.2. The molecular formula is C14H20BN2O. The second-order valence-corrected chi connectivity index (χ2v) is 4.89. The normalized spacial score (nSPS) is 16.7. The van der Waals surface area contributed by atoms with Crippen LogP contribution in [0.1, 0.15) is 5.56 Å². The Kier molecular flexibility index (Phi) is 4.42. The standard InChI is InChI=1S/C14H20BN2O/c1-15-13-5-3-4-12(10-13)11-14(18)17-8-6-16(2)7-9-17/h3-5,10H,6-9,11H2,1-2H3. The fraction of sp³-hybridized carbons (Fsp3) is 0.500. The van der Waals surface area contributed by atoms with Crippen LogP contribution in [0.25, 0.3) is 0 Å². The molecule has 0 spiro atoms. The lowest BCUT2D eigenvalue weighted by atomic mass is 9.73. The van der Waals surface area contributed by atoms with E-state index >= 15 is 0 Å². The molecule has 1 aliphatic rings. The van der Waals surface area contributed by atoms with Crippen molar-refractivity contribution in [2.45, 2.75) is 13.2 Å². The maximum atomic E-state index is 12.2. The summed E-state index contributed by atoms with van der Waals surface area (Å²) in [6.07, 6.45) is 0.519. The molecule has 1 aromatic carbocycles. The summed E-state index contributed by atoms with van der Waals surface area (Å²) in [6, 6.07) is 8.20. The van der Waals surface area contributed by atoms with E-state index in [0.29, 0.717) is 6.42 Å². The lowest BCUT2D eigenvalue weighted by Crippen LogP contribution is -2.47. The van der Waals surface area contributed by atoms with Gasteiger partial charge in [0.25, 0.3) is 0 Å². The van der Waals surface area contributed by atoms with Crippen LogP contribution < -0.4 is 5.46 Å². The second-order valence-electron chi connectivity index (χ2n) is 4.89. The summed E-state index contributed by atoms with van der Waals surface area (Å²) in [5.74, 6) is 0.247. The van der Waals surface area contributed by atoms with E-state index in [-0.39, 0.29) is 5.91 Å². The highest BCUT2D eigenvalue weighted by Crippen LogP contribution is 2.05. The number of benzene rings is 1. The number of rotatable bonds is 3. The second kappa shape index (κ2) is 6.05. The zero-order chi connectivity index (χ0) is 13.0. The number of nitrogens with zero attached hydrogens (tertiary/aromatic N) is 2. The minimum atomic E-state index is 0.247. The average Bonchev–Trinajstić information content (AvgIpc) is 2.39. The number of piperazine rings is 1. The van der Waals surface area contributed by atoms with Gasteiger partial charge in [-0.05, 0) is 12.6 Å². The minimum Gasteiger partial charge on any atom is -0.340 e. The molecule has 0 saturated carbocycles. The molecule has 0 atom stereocenters. The van der Waals surface area contributed by atoms with Crippen LogP contribution in [0, 0.1) is 0 Å². The fourth-order valence-corrected chi connectivity index (χ4v) is 2.22. The van der Waals surface area contributed by atoms with Gasteiger partial charge in [0.05, 0.1) is 6.42 Å². The van der Waals surface area contributed by atoms with Gasteiger partial charge in [0, 0.05) is 26.2 Å². The van der Waals surface area contributed by atoms with Crippen LogP contribution in [0.15, 0.2) is 24.3 Å². The first-order valence-electron chi connectivity index (χ1n) is 6.53. The third kappa shape index (κ3) is 3.36. The molecule has 95 valence electrons. The topological polar surface area (TPSA) is 23.6 Å². The lowest BCUT2D eigenvalue weighted by molar-refractivity contribution is -0.132. The highest BCUT2D eigenvalue weighted by atomic mass is 16.2. The first-order chi connectivity index (χ1) is 8.69. The molecule has 2 rings (SSSR count). The van der Waals surface area contributed by atoms with Gasteiger partial charge in [0.15, 0.2) is 0 Å². The van der Waals surface area contributed by atoms with Crippen molar-refractivity contribution < 1.29 is 4.79 Å². The van der Waals surface area contributed by atoms with Crippen molar-refractivity contribution >= 4 is 18.6 Å². The molecule has 4 heteroatoms. The van der Waals surface area contributed by atoms with Crippen molar-refractivity contribution in [3.63, 3.8) is 0 Å². The first kappa shape index (κ1) is 13.2. The van der Waals surface area contributed by atoms with Gasteiger partial charge in [0.2, 0.25) is 5.91 Å². The third-order valence-corrected chi connectivity index (χ3v) is 3.50. The SMILES string of the molecule is C[B]c1cccc(CC(=O)N2CCN(C)CC2)c1. The molecule has 1 fully saturated rings. The molecule has 1 radical (unpaired) electrons. The van der Waals surface area contributed by atoms with Crippen molar-refractivity contribution in [3.05, 3.63) is 29.8 Å². The Morgan fingerprint density at radius 1 is 1.28 bits per heavy atom. The van der Waals surface area contributed by atoms with Gasteiger partial charge >= 0.3 is 0 Å². The van der Waals surface area contributed by atoms with Crippen LogP contribution in [0.5, 0.6) is 0 Å². The molecule has 0 aliphatic carbocycles. The Morgan fingerprint density at radius 3 is 2.67 bits per heavy atom. The van der Waals surface area contributed by atoms with Crippen LogP contribution >= 0.6 is 0 Å². The number of carbonyl (C=O) groups is 1. The van der Waals surface area contributed by atoms with Gasteiger partial charge in [-0.3, -0.25) is 4.79 Å². The van der Waals surface area contributed by atoms with E-state index in [0.717, 1.165) is 31.7 Å². The molecule has 1 amide bonds. The molecule has 3 nitrogen and oxygen atoms in total. The van der Waals surface area contributed by atoms with Crippen molar-refractivity contribution in [2.75, 3.05) is 33.2 Å².